The minimum absolute atomic E-state index is 0.310. The fraction of sp³-hybridized carbons (Fsp3) is 0.417. The van der Waals surface area contributed by atoms with E-state index in [9.17, 15) is 0 Å². The van der Waals surface area contributed by atoms with E-state index in [1.807, 2.05) is 19.1 Å². The average Bonchev–Trinajstić information content (AvgIpc) is 2.90. The molecule has 4 heteroatoms. The monoisotopic (exact) mass is 234 g/mol. The molecule has 1 aromatic heterocycles. The van der Waals surface area contributed by atoms with Gasteiger partial charge in [0, 0.05) is 6.54 Å². The first kappa shape index (κ1) is 10.1. The summed E-state index contributed by atoms with van der Waals surface area (Å²) in [5.74, 6) is 0.984. The van der Waals surface area contributed by atoms with Gasteiger partial charge in [0.05, 0.1) is 15.8 Å². The summed E-state index contributed by atoms with van der Waals surface area (Å²) in [4.78, 5) is 0. The molecule has 0 bridgehead atoms. The van der Waals surface area contributed by atoms with Gasteiger partial charge in [-0.05, 0) is 43.6 Å². The van der Waals surface area contributed by atoms with Gasteiger partial charge in [0.15, 0.2) is 0 Å². The lowest BCUT2D eigenvalue weighted by Crippen LogP contribution is -2.19. The van der Waals surface area contributed by atoms with E-state index in [0.717, 1.165) is 31.0 Å². The highest BCUT2D eigenvalue weighted by molar-refractivity contribution is 7.13. The molecule has 1 unspecified atom stereocenters. The van der Waals surface area contributed by atoms with Crippen molar-refractivity contribution >= 4 is 21.6 Å². The number of hydrogen-bond acceptors (Lipinski definition) is 4. The van der Waals surface area contributed by atoms with Crippen molar-refractivity contribution in [3.8, 4) is 5.75 Å². The molecule has 3 rings (SSSR count). The van der Waals surface area contributed by atoms with Crippen LogP contribution in [0.1, 0.15) is 12.1 Å². The van der Waals surface area contributed by atoms with Gasteiger partial charge in [-0.25, -0.2) is 0 Å². The van der Waals surface area contributed by atoms with E-state index >= 15 is 0 Å². The highest BCUT2D eigenvalue weighted by Gasteiger charge is 2.18. The van der Waals surface area contributed by atoms with Crippen LogP contribution in [-0.2, 0) is 0 Å². The lowest BCUT2D eigenvalue weighted by molar-refractivity contribution is 0.226. The van der Waals surface area contributed by atoms with Crippen molar-refractivity contribution in [2.24, 2.45) is 0 Å². The van der Waals surface area contributed by atoms with Gasteiger partial charge >= 0.3 is 0 Å². The Morgan fingerprint density at radius 3 is 3.25 bits per heavy atom. The zero-order valence-electron chi connectivity index (χ0n) is 9.19. The van der Waals surface area contributed by atoms with E-state index in [2.05, 4.69) is 15.8 Å². The standard InChI is InChI=1S/C12H14N2OS/c1-8-12-10(15-9-5-6-13-7-9)3-2-4-11(12)16-14-8/h2-4,9,13H,5-7H2,1H3. The maximum Gasteiger partial charge on any atom is 0.130 e. The summed E-state index contributed by atoms with van der Waals surface area (Å²) >= 11 is 1.54. The molecule has 1 atom stereocenters. The second kappa shape index (κ2) is 4.03. The Labute approximate surface area is 98.6 Å². The average molecular weight is 234 g/mol. The molecule has 1 aromatic carbocycles. The van der Waals surface area contributed by atoms with Crippen molar-refractivity contribution in [2.75, 3.05) is 13.1 Å². The summed E-state index contributed by atoms with van der Waals surface area (Å²) in [7, 11) is 0. The number of fused-ring (bicyclic) bond motifs is 1. The predicted molar refractivity (Wildman–Crippen MR) is 66.3 cm³/mol. The fourth-order valence-corrected chi connectivity index (χ4v) is 2.92. The summed E-state index contributed by atoms with van der Waals surface area (Å²) in [6, 6.07) is 6.18. The summed E-state index contributed by atoms with van der Waals surface area (Å²) in [6.45, 7) is 4.05. The molecule has 2 heterocycles. The second-order valence-electron chi connectivity index (χ2n) is 4.13. The fourth-order valence-electron chi connectivity index (χ4n) is 2.11. The molecule has 2 aromatic rings. The lowest BCUT2D eigenvalue weighted by Gasteiger charge is -2.13. The van der Waals surface area contributed by atoms with Crippen molar-refractivity contribution in [1.82, 2.24) is 9.69 Å². The molecular weight excluding hydrogens is 220 g/mol. The largest absolute Gasteiger partial charge is 0.488 e. The molecule has 1 aliphatic heterocycles. The molecule has 1 saturated heterocycles. The lowest BCUT2D eigenvalue weighted by atomic mass is 10.2. The van der Waals surface area contributed by atoms with Crippen molar-refractivity contribution < 1.29 is 4.74 Å². The molecule has 0 spiro atoms. The summed E-state index contributed by atoms with van der Waals surface area (Å²) in [6.07, 6.45) is 1.40. The molecule has 1 aliphatic rings. The first-order valence-electron chi connectivity index (χ1n) is 5.57. The maximum absolute atomic E-state index is 6.03. The summed E-state index contributed by atoms with van der Waals surface area (Å²) < 4.78 is 11.6. The van der Waals surface area contributed by atoms with Gasteiger partial charge in [-0.1, -0.05) is 6.07 Å². The highest BCUT2D eigenvalue weighted by atomic mass is 32.1. The molecule has 1 N–H and O–H groups in total. The van der Waals surface area contributed by atoms with Crippen LogP contribution >= 0.6 is 11.5 Å². The molecule has 16 heavy (non-hydrogen) atoms. The normalized spacial score (nSPS) is 20.4. The number of hydrogen-bond donors (Lipinski definition) is 1. The molecular formula is C12H14N2OS. The number of aromatic nitrogens is 1. The number of rotatable bonds is 2. The minimum Gasteiger partial charge on any atom is -0.488 e. The van der Waals surface area contributed by atoms with Gasteiger partial charge < -0.3 is 10.1 Å². The molecule has 0 amide bonds. The van der Waals surface area contributed by atoms with Crippen LogP contribution in [0.4, 0.5) is 0 Å². The topological polar surface area (TPSA) is 34.1 Å². The van der Waals surface area contributed by atoms with Crippen molar-refractivity contribution in [2.45, 2.75) is 19.4 Å². The Kier molecular flexibility index (Phi) is 2.53. The van der Waals surface area contributed by atoms with Crippen LogP contribution < -0.4 is 10.1 Å². The number of benzene rings is 1. The van der Waals surface area contributed by atoms with E-state index in [1.165, 1.54) is 10.1 Å². The van der Waals surface area contributed by atoms with Crippen molar-refractivity contribution in [3.05, 3.63) is 23.9 Å². The van der Waals surface area contributed by atoms with Crippen LogP contribution in [0.5, 0.6) is 5.75 Å². The van der Waals surface area contributed by atoms with Crippen LogP contribution in [-0.4, -0.2) is 23.6 Å². The zero-order chi connectivity index (χ0) is 11.0. The maximum atomic E-state index is 6.03. The van der Waals surface area contributed by atoms with E-state index in [-0.39, 0.29) is 0 Å². The van der Waals surface area contributed by atoms with Crippen molar-refractivity contribution in [1.29, 1.82) is 0 Å². The van der Waals surface area contributed by atoms with Gasteiger partial charge in [-0.3, -0.25) is 0 Å². The third kappa shape index (κ3) is 1.68. The first-order valence-corrected chi connectivity index (χ1v) is 6.34. The molecule has 0 saturated carbocycles. The Hall–Kier alpha value is -1.13. The Morgan fingerprint density at radius 1 is 1.50 bits per heavy atom. The Balaban J connectivity index is 1.98. The third-order valence-electron chi connectivity index (χ3n) is 2.94. The van der Waals surface area contributed by atoms with Crippen molar-refractivity contribution in [3.63, 3.8) is 0 Å². The van der Waals surface area contributed by atoms with E-state index in [4.69, 9.17) is 4.74 Å². The van der Waals surface area contributed by atoms with Gasteiger partial charge in [0.2, 0.25) is 0 Å². The van der Waals surface area contributed by atoms with Gasteiger partial charge in [0.1, 0.15) is 11.9 Å². The van der Waals surface area contributed by atoms with Crippen LogP contribution in [0.3, 0.4) is 0 Å². The minimum atomic E-state index is 0.310. The van der Waals surface area contributed by atoms with Gasteiger partial charge in [-0.2, -0.15) is 4.37 Å². The van der Waals surface area contributed by atoms with E-state index in [1.54, 1.807) is 11.5 Å². The first-order chi connectivity index (χ1) is 7.84. The van der Waals surface area contributed by atoms with E-state index < -0.39 is 0 Å². The van der Waals surface area contributed by atoms with E-state index in [0.29, 0.717) is 6.10 Å². The molecule has 0 aliphatic carbocycles. The second-order valence-corrected chi connectivity index (χ2v) is 4.93. The zero-order valence-corrected chi connectivity index (χ0v) is 10.0. The Morgan fingerprint density at radius 2 is 2.44 bits per heavy atom. The van der Waals surface area contributed by atoms with Crippen LogP contribution in [0, 0.1) is 6.92 Å². The molecule has 0 radical (unpaired) electrons. The number of nitrogens with one attached hydrogen (secondary N) is 1. The molecule has 1 fully saturated rings. The summed E-state index contributed by atoms with van der Waals surface area (Å²) in [5.41, 5.74) is 1.07. The summed E-state index contributed by atoms with van der Waals surface area (Å²) in [5, 5.41) is 4.49. The number of nitrogens with zero attached hydrogens (tertiary/aromatic N) is 1. The number of aryl methyl sites for hydroxylation is 1. The quantitative estimate of drug-likeness (QED) is 0.866. The predicted octanol–water partition coefficient (Wildman–Crippen LogP) is 2.35. The molecule has 3 nitrogen and oxygen atoms in total. The Bertz CT molecular complexity index is 503. The number of ether oxygens (including phenoxy) is 1. The van der Waals surface area contributed by atoms with Crippen LogP contribution in [0.25, 0.3) is 10.1 Å². The third-order valence-corrected chi connectivity index (χ3v) is 3.84. The van der Waals surface area contributed by atoms with Crippen LogP contribution in [0.15, 0.2) is 18.2 Å². The molecule has 84 valence electrons. The van der Waals surface area contributed by atoms with Gasteiger partial charge in [0.25, 0.3) is 0 Å². The van der Waals surface area contributed by atoms with Crippen LogP contribution in [0.2, 0.25) is 0 Å². The van der Waals surface area contributed by atoms with Gasteiger partial charge in [-0.15, -0.1) is 0 Å². The highest BCUT2D eigenvalue weighted by Crippen LogP contribution is 2.32. The SMILES string of the molecule is Cc1nsc2cccc(OC3CCNC3)c12. The smallest absolute Gasteiger partial charge is 0.130 e.